The van der Waals surface area contributed by atoms with Crippen LogP contribution in [0.3, 0.4) is 0 Å². The minimum absolute atomic E-state index is 0.188. The summed E-state index contributed by atoms with van der Waals surface area (Å²) in [4.78, 5) is 14.3. The molecule has 2 aromatic rings. The summed E-state index contributed by atoms with van der Waals surface area (Å²) in [6.07, 6.45) is 1.96. The molecule has 86 valence electrons. The number of H-pyrrole nitrogens is 1. The summed E-state index contributed by atoms with van der Waals surface area (Å²) in [6.45, 7) is 2.61. The van der Waals surface area contributed by atoms with Crippen molar-refractivity contribution in [1.29, 1.82) is 0 Å². The number of aromatic amines is 1. The minimum atomic E-state index is -0.235. The Bertz CT molecular complexity index is 496. The average molecular weight is 223 g/mol. The largest absolute Gasteiger partial charge is 0.480 e. The van der Waals surface area contributed by atoms with Crippen LogP contribution < -0.4 is 10.5 Å². The number of hydrogen-bond donors (Lipinski definition) is 3. The molecule has 0 saturated carbocycles. The van der Waals surface area contributed by atoms with Gasteiger partial charge in [-0.1, -0.05) is 13.3 Å². The van der Waals surface area contributed by atoms with E-state index in [1.165, 1.54) is 0 Å². The van der Waals surface area contributed by atoms with E-state index in [1.54, 1.807) is 0 Å². The zero-order chi connectivity index (χ0) is 11.5. The Balaban J connectivity index is 2.27. The normalized spacial score (nSPS) is 10.8. The lowest BCUT2D eigenvalue weighted by Gasteiger charge is -2.03. The number of aromatic hydroxyl groups is 1. The van der Waals surface area contributed by atoms with Crippen LogP contribution in [-0.4, -0.2) is 31.6 Å². The summed E-state index contributed by atoms with van der Waals surface area (Å²) in [6, 6.07) is -0.0381. The van der Waals surface area contributed by atoms with Crippen LogP contribution >= 0.6 is 0 Å². The van der Waals surface area contributed by atoms with Crippen LogP contribution in [0.5, 0.6) is 12.0 Å². The Morgan fingerprint density at radius 1 is 1.38 bits per heavy atom. The van der Waals surface area contributed by atoms with Crippen LogP contribution in [-0.2, 0) is 0 Å². The second kappa shape index (κ2) is 4.21. The SMILES string of the molecule is CCCCOc1nc(N)c2nc(O)[nH]c2n1. The predicted molar refractivity (Wildman–Crippen MR) is 58.2 cm³/mol. The number of fused-ring (bicyclic) bond motifs is 1. The molecule has 2 aromatic heterocycles. The van der Waals surface area contributed by atoms with Crippen LogP contribution in [0.2, 0.25) is 0 Å². The van der Waals surface area contributed by atoms with Crippen LogP contribution in [0.15, 0.2) is 0 Å². The molecule has 0 atom stereocenters. The second-order valence-electron chi connectivity index (χ2n) is 3.35. The Morgan fingerprint density at radius 3 is 2.94 bits per heavy atom. The summed E-state index contributed by atoms with van der Waals surface area (Å²) in [7, 11) is 0. The highest BCUT2D eigenvalue weighted by atomic mass is 16.5. The van der Waals surface area contributed by atoms with E-state index in [2.05, 4.69) is 26.9 Å². The van der Waals surface area contributed by atoms with E-state index < -0.39 is 0 Å². The van der Waals surface area contributed by atoms with E-state index >= 15 is 0 Å². The first-order valence-corrected chi connectivity index (χ1v) is 5.05. The average Bonchev–Trinajstić information content (AvgIpc) is 2.60. The lowest BCUT2D eigenvalue weighted by molar-refractivity contribution is 0.287. The number of nitrogens with one attached hydrogen (secondary N) is 1. The van der Waals surface area contributed by atoms with Gasteiger partial charge in [-0.25, -0.2) is 0 Å². The zero-order valence-electron chi connectivity index (χ0n) is 8.90. The Kier molecular flexibility index (Phi) is 2.76. The van der Waals surface area contributed by atoms with Crippen LogP contribution in [0.25, 0.3) is 11.2 Å². The molecule has 0 bridgehead atoms. The number of nitrogen functional groups attached to an aromatic ring is 1. The third-order valence-electron chi connectivity index (χ3n) is 2.07. The Morgan fingerprint density at radius 2 is 2.19 bits per heavy atom. The van der Waals surface area contributed by atoms with Crippen molar-refractivity contribution >= 4 is 17.0 Å². The van der Waals surface area contributed by atoms with Gasteiger partial charge in [0.25, 0.3) is 6.01 Å². The number of nitrogens with zero attached hydrogens (tertiary/aromatic N) is 3. The quantitative estimate of drug-likeness (QED) is 0.662. The van der Waals surface area contributed by atoms with Gasteiger partial charge in [-0.2, -0.15) is 15.0 Å². The zero-order valence-corrected chi connectivity index (χ0v) is 8.90. The third kappa shape index (κ3) is 1.97. The molecule has 0 unspecified atom stereocenters. The number of aromatic nitrogens is 4. The fraction of sp³-hybridized carbons (Fsp3) is 0.444. The summed E-state index contributed by atoms with van der Waals surface area (Å²) in [5.74, 6) is 0.188. The molecule has 0 aliphatic rings. The monoisotopic (exact) mass is 223 g/mol. The van der Waals surface area contributed by atoms with Gasteiger partial charge in [0.05, 0.1) is 6.61 Å². The van der Waals surface area contributed by atoms with Crippen molar-refractivity contribution in [2.75, 3.05) is 12.3 Å². The third-order valence-corrected chi connectivity index (χ3v) is 2.07. The summed E-state index contributed by atoms with van der Waals surface area (Å²) >= 11 is 0. The lowest BCUT2D eigenvalue weighted by atomic mass is 10.4. The molecule has 0 saturated heterocycles. The molecule has 7 heteroatoms. The second-order valence-corrected chi connectivity index (χ2v) is 3.35. The predicted octanol–water partition coefficient (Wildman–Crippen LogP) is 0.820. The van der Waals surface area contributed by atoms with E-state index in [-0.39, 0.29) is 17.8 Å². The molecule has 0 amide bonds. The Hall–Kier alpha value is -2.05. The maximum atomic E-state index is 9.15. The van der Waals surface area contributed by atoms with Gasteiger partial charge in [-0.15, -0.1) is 0 Å². The van der Waals surface area contributed by atoms with Crippen molar-refractivity contribution in [2.24, 2.45) is 0 Å². The maximum absolute atomic E-state index is 9.15. The molecule has 0 spiro atoms. The molecule has 0 aliphatic carbocycles. The molecule has 0 aliphatic heterocycles. The standard InChI is InChI=1S/C9H13N5O2/c1-2-3-4-16-9-12-6(10)5-7(14-9)13-8(15)11-5/h2-4H2,1H3,(H4,10,11,12,13,14,15). The van der Waals surface area contributed by atoms with Crippen LogP contribution in [0.4, 0.5) is 5.82 Å². The van der Waals surface area contributed by atoms with Gasteiger partial charge in [-0.05, 0) is 6.42 Å². The summed E-state index contributed by atoms with van der Waals surface area (Å²) < 4.78 is 5.31. The molecule has 0 radical (unpaired) electrons. The topological polar surface area (TPSA) is 110 Å². The van der Waals surface area contributed by atoms with Gasteiger partial charge < -0.3 is 15.6 Å². The van der Waals surface area contributed by atoms with Gasteiger partial charge in [0, 0.05) is 0 Å². The highest BCUT2D eigenvalue weighted by Crippen LogP contribution is 2.20. The van der Waals surface area contributed by atoms with E-state index in [1.807, 2.05) is 0 Å². The lowest BCUT2D eigenvalue weighted by Crippen LogP contribution is -2.03. The van der Waals surface area contributed by atoms with Crippen molar-refractivity contribution in [3.8, 4) is 12.0 Å². The maximum Gasteiger partial charge on any atom is 0.320 e. The molecule has 16 heavy (non-hydrogen) atoms. The number of hydrogen-bond acceptors (Lipinski definition) is 6. The number of anilines is 1. The summed E-state index contributed by atoms with van der Waals surface area (Å²) in [5, 5.41) is 9.15. The number of nitrogens with two attached hydrogens (primary N) is 1. The molecule has 0 aromatic carbocycles. The smallest absolute Gasteiger partial charge is 0.320 e. The first kappa shape index (κ1) is 10.5. The Labute approximate surface area is 91.7 Å². The van der Waals surface area contributed by atoms with Gasteiger partial charge in [0.1, 0.15) is 0 Å². The first-order chi connectivity index (χ1) is 7.70. The van der Waals surface area contributed by atoms with Gasteiger partial charge in [0.15, 0.2) is 17.0 Å². The van der Waals surface area contributed by atoms with Crippen LogP contribution in [0.1, 0.15) is 19.8 Å². The molecule has 2 rings (SSSR count). The fourth-order valence-electron chi connectivity index (χ4n) is 1.26. The number of ether oxygens (including phenoxy) is 1. The molecular weight excluding hydrogens is 210 g/mol. The summed E-state index contributed by atoms with van der Waals surface area (Å²) in [5.41, 5.74) is 6.37. The van der Waals surface area contributed by atoms with Crippen molar-refractivity contribution in [1.82, 2.24) is 19.9 Å². The van der Waals surface area contributed by atoms with Crippen molar-refractivity contribution in [3.63, 3.8) is 0 Å². The minimum Gasteiger partial charge on any atom is -0.480 e. The number of imidazole rings is 1. The van der Waals surface area contributed by atoms with Crippen molar-refractivity contribution < 1.29 is 9.84 Å². The van der Waals surface area contributed by atoms with Gasteiger partial charge >= 0.3 is 6.01 Å². The molecule has 7 nitrogen and oxygen atoms in total. The molecular formula is C9H13N5O2. The van der Waals surface area contributed by atoms with E-state index in [9.17, 15) is 0 Å². The molecule has 0 fully saturated rings. The van der Waals surface area contributed by atoms with Crippen LogP contribution in [0, 0.1) is 0 Å². The van der Waals surface area contributed by atoms with Gasteiger partial charge in [-0.3, -0.25) is 4.98 Å². The van der Waals surface area contributed by atoms with E-state index in [0.29, 0.717) is 17.8 Å². The van der Waals surface area contributed by atoms with E-state index in [4.69, 9.17) is 15.6 Å². The van der Waals surface area contributed by atoms with E-state index in [0.717, 1.165) is 12.8 Å². The first-order valence-electron chi connectivity index (χ1n) is 5.05. The highest BCUT2D eigenvalue weighted by Gasteiger charge is 2.10. The molecule has 2 heterocycles. The van der Waals surface area contributed by atoms with Crippen molar-refractivity contribution in [2.45, 2.75) is 19.8 Å². The highest BCUT2D eigenvalue weighted by molar-refractivity contribution is 5.82. The van der Waals surface area contributed by atoms with Gasteiger partial charge in [0.2, 0.25) is 0 Å². The number of unbranched alkanes of at least 4 members (excludes halogenated alkanes) is 1. The molecule has 4 N–H and O–H groups in total. The van der Waals surface area contributed by atoms with Crippen molar-refractivity contribution in [3.05, 3.63) is 0 Å². The number of rotatable bonds is 4. The fourth-order valence-corrected chi connectivity index (χ4v) is 1.26.